The zero-order valence-corrected chi connectivity index (χ0v) is 23.5. The summed E-state index contributed by atoms with van der Waals surface area (Å²) in [5, 5.41) is 11.8. The molecule has 37 heavy (non-hydrogen) atoms. The van der Waals surface area contributed by atoms with E-state index in [0.717, 1.165) is 24.2 Å². The van der Waals surface area contributed by atoms with Gasteiger partial charge in [-0.3, -0.25) is 9.59 Å². The van der Waals surface area contributed by atoms with Gasteiger partial charge in [-0.2, -0.15) is 0 Å². The van der Waals surface area contributed by atoms with Crippen LogP contribution in [0, 0.1) is 0 Å². The van der Waals surface area contributed by atoms with Gasteiger partial charge in [-0.1, -0.05) is 70.5 Å². The highest BCUT2D eigenvalue weighted by Gasteiger charge is 2.46. The minimum absolute atomic E-state index is 0.00994. The number of carbonyl (C=O) groups excluding carboxylic acids is 2. The summed E-state index contributed by atoms with van der Waals surface area (Å²) in [5.74, 6) is -1.14. The van der Waals surface area contributed by atoms with Crippen LogP contribution in [0.2, 0.25) is 5.02 Å². The van der Waals surface area contributed by atoms with Crippen molar-refractivity contribution in [1.29, 1.82) is 0 Å². The lowest BCUT2D eigenvalue weighted by molar-refractivity contribution is -0.140. The van der Waals surface area contributed by atoms with Gasteiger partial charge in [0.1, 0.15) is 17.3 Å². The molecule has 7 nitrogen and oxygen atoms in total. The standard InChI is InChI=1S/C29H37ClN2O5/c1-8-31(9-2)14-15-32-25(18-10-12-19(13-11-18)29(3,4)5)24(27(34)28(32)35)26(33)20-16-23(37-7)21(30)17-22(20)36-6/h10-13,16-17,25,33H,8-9,14-15H2,1-7H3/b26-24+. The van der Waals surface area contributed by atoms with Crippen LogP contribution in [0.25, 0.3) is 5.76 Å². The maximum Gasteiger partial charge on any atom is 0.295 e. The second-order valence-electron chi connectivity index (χ2n) is 10.1. The van der Waals surface area contributed by atoms with Gasteiger partial charge in [0.15, 0.2) is 0 Å². The number of aliphatic hydroxyl groups is 1. The summed E-state index contributed by atoms with van der Waals surface area (Å²) in [7, 11) is 2.90. The van der Waals surface area contributed by atoms with Crippen molar-refractivity contribution in [3.63, 3.8) is 0 Å². The summed E-state index contributed by atoms with van der Waals surface area (Å²) in [6.45, 7) is 13.1. The quantitative estimate of drug-likeness (QED) is 0.266. The highest BCUT2D eigenvalue weighted by molar-refractivity contribution is 6.46. The van der Waals surface area contributed by atoms with Gasteiger partial charge in [-0.25, -0.2) is 0 Å². The topological polar surface area (TPSA) is 79.3 Å². The largest absolute Gasteiger partial charge is 0.507 e. The molecule has 0 spiro atoms. The summed E-state index contributed by atoms with van der Waals surface area (Å²) in [4.78, 5) is 30.5. The lowest BCUT2D eigenvalue weighted by Crippen LogP contribution is -2.38. The number of hydrogen-bond acceptors (Lipinski definition) is 6. The Hall–Kier alpha value is -3.03. The van der Waals surface area contributed by atoms with Crippen molar-refractivity contribution in [3.8, 4) is 11.5 Å². The van der Waals surface area contributed by atoms with E-state index >= 15 is 0 Å². The van der Waals surface area contributed by atoms with E-state index in [1.54, 1.807) is 4.90 Å². The molecule has 1 aliphatic heterocycles. The maximum absolute atomic E-state index is 13.4. The van der Waals surface area contributed by atoms with Crippen molar-refractivity contribution in [2.45, 2.75) is 46.1 Å². The van der Waals surface area contributed by atoms with Gasteiger partial charge in [0.2, 0.25) is 0 Å². The molecule has 1 saturated heterocycles. The Labute approximate surface area is 224 Å². The highest BCUT2D eigenvalue weighted by atomic mass is 35.5. The molecule has 1 amide bonds. The van der Waals surface area contributed by atoms with Gasteiger partial charge < -0.3 is 24.4 Å². The number of Topliss-reactive ketones (excluding diaryl/α,β-unsaturated/α-hetero) is 1. The minimum Gasteiger partial charge on any atom is -0.507 e. The third-order valence-corrected chi connectivity index (χ3v) is 7.21. The number of nitrogens with zero attached hydrogens (tertiary/aromatic N) is 2. The molecule has 1 heterocycles. The summed E-state index contributed by atoms with van der Waals surface area (Å²) in [5.41, 5.74) is 2.04. The fraction of sp³-hybridized carbons (Fsp3) is 0.448. The molecule has 200 valence electrons. The van der Waals surface area contributed by atoms with Crippen LogP contribution in [0.1, 0.15) is 57.4 Å². The van der Waals surface area contributed by atoms with Crippen LogP contribution in [-0.2, 0) is 15.0 Å². The van der Waals surface area contributed by atoms with Crippen molar-refractivity contribution in [2.75, 3.05) is 40.4 Å². The molecule has 0 aromatic heterocycles. The van der Waals surface area contributed by atoms with Crippen LogP contribution >= 0.6 is 11.6 Å². The molecule has 1 atom stereocenters. The van der Waals surface area contributed by atoms with Crippen LogP contribution in [0.15, 0.2) is 42.0 Å². The first-order valence-electron chi connectivity index (χ1n) is 12.5. The average molecular weight is 529 g/mol. The van der Waals surface area contributed by atoms with Crippen LogP contribution < -0.4 is 9.47 Å². The third-order valence-electron chi connectivity index (χ3n) is 6.91. The Bertz CT molecular complexity index is 1180. The molecular formula is C29H37ClN2O5. The normalized spacial score (nSPS) is 17.5. The molecule has 1 unspecified atom stereocenters. The molecule has 0 bridgehead atoms. The number of carbonyl (C=O) groups is 2. The molecule has 2 aromatic rings. The van der Waals surface area contributed by atoms with E-state index in [4.69, 9.17) is 21.1 Å². The molecule has 1 N–H and O–H groups in total. The Balaban J connectivity index is 2.21. The number of rotatable bonds is 9. The van der Waals surface area contributed by atoms with E-state index in [1.165, 1.54) is 26.4 Å². The molecule has 1 fully saturated rings. The van der Waals surface area contributed by atoms with Crippen LogP contribution in [0.4, 0.5) is 0 Å². The number of likely N-dealkylation sites (N-methyl/N-ethyl adjacent to an activating group) is 1. The Morgan fingerprint density at radius 1 is 1.03 bits per heavy atom. The molecular weight excluding hydrogens is 492 g/mol. The predicted octanol–water partition coefficient (Wildman–Crippen LogP) is 5.42. The SMILES string of the molecule is CCN(CC)CCN1C(=O)C(=O)/C(=C(/O)c2cc(OC)c(Cl)cc2OC)C1c1ccc(C(C)(C)C)cc1. The molecule has 0 radical (unpaired) electrons. The summed E-state index contributed by atoms with van der Waals surface area (Å²) < 4.78 is 10.8. The van der Waals surface area contributed by atoms with E-state index in [-0.39, 0.29) is 28.1 Å². The van der Waals surface area contributed by atoms with Gasteiger partial charge in [0, 0.05) is 19.2 Å². The van der Waals surface area contributed by atoms with Gasteiger partial charge >= 0.3 is 0 Å². The zero-order chi connectivity index (χ0) is 27.5. The minimum atomic E-state index is -0.754. The molecule has 3 rings (SSSR count). The first-order valence-corrected chi connectivity index (χ1v) is 12.9. The first-order chi connectivity index (χ1) is 17.5. The summed E-state index contributed by atoms with van der Waals surface area (Å²) >= 11 is 6.26. The number of halogens is 1. The van der Waals surface area contributed by atoms with Crippen molar-refractivity contribution >= 4 is 29.1 Å². The van der Waals surface area contributed by atoms with Crippen LogP contribution in [-0.4, -0.2) is 67.0 Å². The number of benzene rings is 2. The smallest absolute Gasteiger partial charge is 0.295 e. The molecule has 2 aromatic carbocycles. The number of aliphatic hydroxyl groups excluding tert-OH is 1. The fourth-order valence-electron chi connectivity index (χ4n) is 4.60. The number of ether oxygens (including phenoxy) is 2. The van der Waals surface area contributed by atoms with Gasteiger partial charge in [0.25, 0.3) is 11.7 Å². The van der Waals surface area contributed by atoms with Crippen LogP contribution in [0.3, 0.4) is 0 Å². The maximum atomic E-state index is 13.4. The Kier molecular flexibility index (Phi) is 8.92. The number of methoxy groups -OCH3 is 2. The summed E-state index contributed by atoms with van der Waals surface area (Å²) in [6.07, 6.45) is 0. The Morgan fingerprint density at radius 2 is 1.62 bits per heavy atom. The van der Waals surface area contributed by atoms with Crippen molar-refractivity contribution in [3.05, 3.63) is 63.7 Å². The Morgan fingerprint density at radius 3 is 2.14 bits per heavy atom. The zero-order valence-electron chi connectivity index (χ0n) is 22.7. The lowest BCUT2D eigenvalue weighted by atomic mass is 9.85. The number of amides is 1. The number of hydrogen-bond donors (Lipinski definition) is 1. The molecule has 0 saturated carbocycles. The van der Waals surface area contributed by atoms with E-state index in [0.29, 0.717) is 23.9 Å². The van der Waals surface area contributed by atoms with Gasteiger partial charge in [0.05, 0.1) is 36.4 Å². The second kappa shape index (κ2) is 11.6. The monoisotopic (exact) mass is 528 g/mol. The second-order valence-corrected chi connectivity index (χ2v) is 10.5. The van der Waals surface area contributed by atoms with E-state index in [2.05, 4.69) is 39.5 Å². The highest BCUT2D eigenvalue weighted by Crippen LogP contribution is 2.43. The van der Waals surface area contributed by atoms with E-state index < -0.39 is 17.7 Å². The average Bonchev–Trinajstić information content (AvgIpc) is 3.13. The number of ketones is 1. The molecule has 1 aliphatic rings. The third kappa shape index (κ3) is 5.78. The summed E-state index contributed by atoms with van der Waals surface area (Å²) in [6, 6.07) is 10.1. The van der Waals surface area contributed by atoms with Crippen molar-refractivity contribution in [2.24, 2.45) is 0 Å². The molecule has 0 aliphatic carbocycles. The van der Waals surface area contributed by atoms with Crippen LogP contribution in [0.5, 0.6) is 11.5 Å². The van der Waals surface area contributed by atoms with Crippen molar-refractivity contribution in [1.82, 2.24) is 9.80 Å². The van der Waals surface area contributed by atoms with E-state index in [1.807, 2.05) is 24.3 Å². The van der Waals surface area contributed by atoms with E-state index in [9.17, 15) is 14.7 Å². The first kappa shape index (κ1) is 28.5. The molecule has 8 heteroatoms. The van der Waals surface area contributed by atoms with Crippen molar-refractivity contribution < 1.29 is 24.2 Å². The lowest BCUT2D eigenvalue weighted by Gasteiger charge is -2.29. The fourth-order valence-corrected chi connectivity index (χ4v) is 4.83. The number of likely N-dealkylation sites (tertiary alicyclic amines) is 1. The predicted molar refractivity (Wildman–Crippen MR) is 146 cm³/mol. The van der Waals surface area contributed by atoms with Gasteiger partial charge in [-0.15, -0.1) is 0 Å². The van der Waals surface area contributed by atoms with Gasteiger partial charge in [-0.05, 0) is 35.7 Å².